The number of para-hydroxylation sites is 1. The quantitative estimate of drug-likeness (QED) is 0.864. The number of carbonyl (C=O) groups excluding carboxylic acids is 2. The highest BCUT2D eigenvalue weighted by molar-refractivity contribution is 5.87. The van der Waals surface area contributed by atoms with Crippen molar-refractivity contribution in [1.82, 2.24) is 20.0 Å². The average molecular weight is 383 g/mol. The number of amides is 2. The Bertz CT molecular complexity index is 857. The topological polar surface area (TPSA) is 67.2 Å². The third kappa shape index (κ3) is 3.32. The van der Waals surface area contributed by atoms with Crippen molar-refractivity contribution in [2.24, 2.45) is 16.7 Å². The molecule has 1 aliphatic rings. The molecule has 1 aliphatic carbocycles. The second-order valence-corrected chi connectivity index (χ2v) is 8.64. The Morgan fingerprint density at radius 2 is 1.93 bits per heavy atom. The van der Waals surface area contributed by atoms with Crippen LogP contribution >= 0.6 is 0 Å². The standard InChI is InChI=1S/C22H30N4O2/c1-21(2)17(19(27)25(4)5)11-12-22(21,3)20(28)23-15-16-9-6-7-10-18(16)26-14-8-13-24-26/h6-10,13-14,17H,11-12,15H2,1-5H3,(H,23,28)/t17-,22+/m0/s1. The predicted molar refractivity (Wildman–Crippen MR) is 109 cm³/mol. The van der Waals surface area contributed by atoms with Gasteiger partial charge in [-0.05, 0) is 36.0 Å². The molecule has 1 aromatic heterocycles. The Morgan fingerprint density at radius 3 is 2.57 bits per heavy atom. The fourth-order valence-electron chi connectivity index (χ4n) is 4.32. The minimum absolute atomic E-state index is 0.00169. The van der Waals surface area contributed by atoms with Crippen LogP contribution < -0.4 is 5.32 Å². The molecule has 1 aromatic carbocycles. The van der Waals surface area contributed by atoms with Gasteiger partial charge in [-0.25, -0.2) is 4.68 Å². The first-order valence-corrected chi connectivity index (χ1v) is 9.76. The maximum atomic E-state index is 13.2. The molecule has 6 heteroatoms. The summed E-state index contributed by atoms with van der Waals surface area (Å²) in [6.07, 6.45) is 5.06. The van der Waals surface area contributed by atoms with Crippen LogP contribution in [0, 0.1) is 16.7 Å². The number of nitrogens with zero attached hydrogens (tertiary/aromatic N) is 3. The molecular formula is C22H30N4O2. The number of nitrogens with one attached hydrogen (secondary N) is 1. The van der Waals surface area contributed by atoms with E-state index in [9.17, 15) is 9.59 Å². The van der Waals surface area contributed by atoms with Crippen LogP contribution in [0.15, 0.2) is 42.7 Å². The van der Waals surface area contributed by atoms with Gasteiger partial charge in [-0.3, -0.25) is 9.59 Å². The molecule has 6 nitrogen and oxygen atoms in total. The van der Waals surface area contributed by atoms with E-state index in [0.29, 0.717) is 13.0 Å². The van der Waals surface area contributed by atoms with Crippen LogP contribution in [0.5, 0.6) is 0 Å². The van der Waals surface area contributed by atoms with Gasteiger partial charge in [-0.15, -0.1) is 0 Å². The van der Waals surface area contributed by atoms with Gasteiger partial charge in [0.1, 0.15) is 0 Å². The number of aromatic nitrogens is 2. The third-order valence-electron chi connectivity index (χ3n) is 6.65. The zero-order chi connectivity index (χ0) is 20.5. The molecule has 1 heterocycles. The van der Waals surface area contributed by atoms with Crippen LogP contribution in [0.3, 0.4) is 0 Å². The summed E-state index contributed by atoms with van der Waals surface area (Å²) in [5.74, 6) is -0.0398. The molecule has 1 fully saturated rings. The van der Waals surface area contributed by atoms with Crippen molar-refractivity contribution in [3.05, 3.63) is 48.3 Å². The molecule has 0 saturated heterocycles. The highest BCUT2D eigenvalue weighted by Gasteiger charge is 2.58. The number of hydrogen-bond acceptors (Lipinski definition) is 3. The first-order chi connectivity index (χ1) is 13.2. The van der Waals surface area contributed by atoms with E-state index < -0.39 is 10.8 Å². The molecule has 0 radical (unpaired) electrons. The van der Waals surface area contributed by atoms with Crippen LogP contribution in [0.2, 0.25) is 0 Å². The van der Waals surface area contributed by atoms with E-state index in [1.807, 2.05) is 57.3 Å². The predicted octanol–water partition coefficient (Wildman–Crippen LogP) is 3.02. The molecule has 0 unspecified atom stereocenters. The van der Waals surface area contributed by atoms with Crippen LogP contribution in [-0.4, -0.2) is 40.6 Å². The molecule has 28 heavy (non-hydrogen) atoms. The van der Waals surface area contributed by atoms with Crippen molar-refractivity contribution >= 4 is 11.8 Å². The normalized spacial score (nSPS) is 23.4. The second kappa shape index (κ2) is 7.41. The van der Waals surface area contributed by atoms with E-state index in [4.69, 9.17) is 0 Å². The molecule has 3 rings (SSSR count). The Labute approximate surface area is 166 Å². The van der Waals surface area contributed by atoms with E-state index in [0.717, 1.165) is 17.7 Å². The van der Waals surface area contributed by atoms with Crippen molar-refractivity contribution in [2.75, 3.05) is 14.1 Å². The SMILES string of the molecule is CN(C)C(=O)[C@@H]1CC[C@](C)(C(=O)NCc2ccccc2-n2cccn2)C1(C)C. The average Bonchev–Trinajstić information content (AvgIpc) is 3.27. The van der Waals surface area contributed by atoms with Gasteiger partial charge in [0.05, 0.1) is 11.1 Å². The fraction of sp³-hybridized carbons (Fsp3) is 0.500. The Hall–Kier alpha value is -2.63. The smallest absolute Gasteiger partial charge is 0.226 e. The van der Waals surface area contributed by atoms with Gasteiger partial charge < -0.3 is 10.2 Å². The zero-order valence-electron chi connectivity index (χ0n) is 17.4. The number of rotatable bonds is 5. The molecule has 150 valence electrons. The van der Waals surface area contributed by atoms with Crippen LogP contribution in [0.25, 0.3) is 5.69 Å². The van der Waals surface area contributed by atoms with Gasteiger partial charge in [0, 0.05) is 39.0 Å². The zero-order valence-corrected chi connectivity index (χ0v) is 17.4. The fourth-order valence-corrected chi connectivity index (χ4v) is 4.32. The van der Waals surface area contributed by atoms with E-state index >= 15 is 0 Å². The molecule has 0 aliphatic heterocycles. The Balaban J connectivity index is 1.77. The molecule has 1 saturated carbocycles. The maximum Gasteiger partial charge on any atom is 0.226 e. The second-order valence-electron chi connectivity index (χ2n) is 8.64. The summed E-state index contributed by atoms with van der Waals surface area (Å²) in [5.41, 5.74) is 0.938. The molecule has 2 aromatic rings. The lowest BCUT2D eigenvalue weighted by Crippen LogP contribution is -2.49. The van der Waals surface area contributed by atoms with E-state index in [2.05, 4.69) is 10.4 Å². The summed E-state index contributed by atoms with van der Waals surface area (Å²) >= 11 is 0. The summed E-state index contributed by atoms with van der Waals surface area (Å²) in [5, 5.41) is 7.42. The van der Waals surface area contributed by atoms with Gasteiger partial charge in [-0.1, -0.05) is 39.0 Å². The van der Waals surface area contributed by atoms with Crippen LogP contribution in [-0.2, 0) is 16.1 Å². The summed E-state index contributed by atoms with van der Waals surface area (Å²) in [4.78, 5) is 27.5. The number of hydrogen-bond donors (Lipinski definition) is 1. The van der Waals surface area contributed by atoms with Crippen molar-refractivity contribution in [2.45, 2.75) is 40.2 Å². The summed E-state index contributed by atoms with van der Waals surface area (Å²) in [6, 6.07) is 9.78. The lowest BCUT2D eigenvalue weighted by Gasteiger charge is -2.40. The Kier molecular flexibility index (Phi) is 5.33. The molecule has 2 atom stereocenters. The summed E-state index contributed by atoms with van der Waals surface area (Å²) in [6.45, 7) is 6.50. The number of benzene rings is 1. The molecule has 1 N–H and O–H groups in total. The van der Waals surface area contributed by atoms with E-state index in [1.54, 1.807) is 29.9 Å². The van der Waals surface area contributed by atoms with Crippen molar-refractivity contribution in [3.63, 3.8) is 0 Å². The molecule has 2 amide bonds. The lowest BCUT2D eigenvalue weighted by atomic mass is 9.65. The first-order valence-electron chi connectivity index (χ1n) is 9.76. The lowest BCUT2D eigenvalue weighted by molar-refractivity contribution is -0.142. The minimum atomic E-state index is -0.593. The molecule has 0 spiro atoms. The maximum absolute atomic E-state index is 13.2. The molecular weight excluding hydrogens is 352 g/mol. The number of carbonyl (C=O) groups is 2. The largest absolute Gasteiger partial charge is 0.351 e. The van der Waals surface area contributed by atoms with Gasteiger partial charge in [0.2, 0.25) is 11.8 Å². The highest BCUT2D eigenvalue weighted by Crippen LogP contribution is 2.56. The van der Waals surface area contributed by atoms with Gasteiger partial charge in [0.15, 0.2) is 0 Å². The Morgan fingerprint density at radius 1 is 1.21 bits per heavy atom. The van der Waals surface area contributed by atoms with Gasteiger partial charge in [0.25, 0.3) is 0 Å². The third-order valence-corrected chi connectivity index (χ3v) is 6.65. The van der Waals surface area contributed by atoms with Crippen molar-refractivity contribution < 1.29 is 9.59 Å². The monoisotopic (exact) mass is 382 g/mol. The van der Waals surface area contributed by atoms with Crippen LogP contribution in [0.1, 0.15) is 39.2 Å². The van der Waals surface area contributed by atoms with Crippen molar-refractivity contribution in [3.8, 4) is 5.69 Å². The minimum Gasteiger partial charge on any atom is -0.351 e. The first kappa shape index (κ1) is 20.1. The van der Waals surface area contributed by atoms with Crippen LogP contribution in [0.4, 0.5) is 0 Å². The van der Waals surface area contributed by atoms with E-state index in [1.165, 1.54) is 0 Å². The van der Waals surface area contributed by atoms with Crippen molar-refractivity contribution in [1.29, 1.82) is 0 Å². The highest BCUT2D eigenvalue weighted by atomic mass is 16.2. The van der Waals surface area contributed by atoms with Gasteiger partial charge >= 0.3 is 0 Å². The van der Waals surface area contributed by atoms with Gasteiger partial charge in [-0.2, -0.15) is 5.10 Å². The summed E-state index contributed by atoms with van der Waals surface area (Å²) < 4.78 is 1.80. The van der Waals surface area contributed by atoms with E-state index in [-0.39, 0.29) is 17.7 Å². The molecule has 0 bridgehead atoms. The summed E-state index contributed by atoms with van der Waals surface area (Å²) in [7, 11) is 3.56.